The fourth-order valence-electron chi connectivity index (χ4n) is 5.08. The first-order valence-corrected chi connectivity index (χ1v) is 14.0. The number of amides is 1. The van der Waals surface area contributed by atoms with Crippen LogP contribution in [0.3, 0.4) is 0 Å². The minimum absolute atomic E-state index is 0.0251. The number of carbonyl (C=O) groups is 1. The van der Waals surface area contributed by atoms with Crippen LogP contribution in [-0.2, 0) is 25.7 Å². The Bertz CT molecular complexity index is 1510. The maximum Gasteiger partial charge on any atom is 0.469 e. The van der Waals surface area contributed by atoms with Gasteiger partial charge in [-0.2, -0.15) is 0 Å². The molecule has 4 N–H and O–H groups in total. The van der Waals surface area contributed by atoms with Gasteiger partial charge in [0.05, 0.1) is 25.2 Å². The Balaban J connectivity index is 1.43. The largest absolute Gasteiger partial charge is 0.497 e. The average Bonchev–Trinajstić information content (AvgIpc) is 3.62. The van der Waals surface area contributed by atoms with Crippen molar-refractivity contribution in [3.63, 3.8) is 0 Å². The number of phosphoric ester groups is 1. The zero-order valence-corrected chi connectivity index (χ0v) is 22.2. The van der Waals surface area contributed by atoms with Crippen molar-refractivity contribution in [2.45, 2.75) is 37.6 Å². The Hall–Kier alpha value is -3.42. The van der Waals surface area contributed by atoms with Gasteiger partial charge in [0.15, 0.2) is 0 Å². The third kappa shape index (κ3) is 5.40. The van der Waals surface area contributed by atoms with E-state index >= 15 is 0 Å². The SMILES string of the molecule is COc1ccc(C(NC(=O)C2(c3ccc4[nH]cc(CCOP(=O)(O)O)c4c3)CC2)c2ccccc2)c(C)c1. The highest BCUT2D eigenvalue weighted by Gasteiger charge is 2.52. The van der Waals surface area contributed by atoms with Crippen molar-refractivity contribution in [3.8, 4) is 5.75 Å². The number of nitrogens with one attached hydrogen (secondary N) is 2. The molecule has 4 aromatic rings. The Morgan fingerprint density at radius 2 is 1.87 bits per heavy atom. The van der Waals surface area contributed by atoms with Gasteiger partial charge in [-0.3, -0.25) is 9.32 Å². The molecule has 1 aromatic heterocycles. The molecule has 1 amide bonds. The van der Waals surface area contributed by atoms with E-state index in [0.29, 0.717) is 6.42 Å². The highest BCUT2D eigenvalue weighted by Crippen LogP contribution is 2.50. The second-order valence-corrected chi connectivity index (χ2v) is 11.0. The summed E-state index contributed by atoms with van der Waals surface area (Å²) in [4.78, 5) is 35.1. The number of fused-ring (bicyclic) bond motifs is 1. The molecule has 1 fully saturated rings. The van der Waals surface area contributed by atoms with Crippen LogP contribution in [0.4, 0.5) is 0 Å². The number of benzene rings is 3. The summed E-state index contributed by atoms with van der Waals surface area (Å²) in [7, 11) is -2.89. The number of ether oxygens (including phenoxy) is 1. The van der Waals surface area contributed by atoms with Crippen molar-refractivity contribution in [2.24, 2.45) is 0 Å². The lowest BCUT2D eigenvalue weighted by Gasteiger charge is -2.25. The summed E-state index contributed by atoms with van der Waals surface area (Å²) in [6.45, 7) is 1.91. The molecule has 5 rings (SSSR count). The van der Waals surface area contributed by atoms with Gasteiger partial charge in [-0.05, 0) is 78.3 Å². The number of aromatic amines is 1. The monoisotopic (exact) mass is 534 g/mol. The van der Waals surface area contributed by atoms with Crippen molar-refractivity contribution in [3.05, 3.63) is 101 Å². The molecule has 0 spiro atoms. The van der Waals surface area contributed by atoms with Crippen LogP contribution in [-0.4, -0.2) is 34.4 Å². The van der Waals surface area contributed by atoms with Gasteiger partial charge in [-0.25, -0.2) is 4.57 Å². The number of H-pyrrole nitrogens is 1. The number of rotatable bonds is 10. The van der Waals surface area contributed by atoms with Gasteiger partial charge in [-0.15, -0.1) is 0 Å². The smallest absolute Gasteiger partial charge is 0.469 e. The molecule has 8 nitrogen and oxygen atoms in total. The number of hydrogen-bond donors (Lipinski definition) is 4. The zero-order valence-electron chi connectivity index (χ0n) is 21.3. The topological polar surface area (TPSA) is 121 Å². The minimum atomic E-state index is -4.53. The summed E-state index contributed by atoms with van der Waals surface area (Å²) in [5.74, 6) is 0.743. The van der Waals surface area contributed by atoms with Gasteiger partial charge in [0.2, 0.25) is 5.91 Å². The summed E-state index contributed by atoms with van der Waals surface area (Å²) in [6, 6.07) is 21.5. The second-order valence-electron chi connectivity index (χ2n) is 9.77. The first-order chi connectivity index (χ1) is 18.2. The van der Waals surface area contributed by atoms with Crippen LogP contribution in [0.15, 0.2) is 72.9 Å². The predicted molar refractivity (Wildman–Crippen MR) is 145 cm³/mol. The number of hydrogen-bond acceptors (Lipinski definition) is 4. The van der Waals surface area contributed by atoms with E-state index in [9.17, 15) is 9.36 Å². The fraction of sp³-hybridized carbons (Fsp3) is 0.276. The third-order valence-corrected chi connectivity index (χ3v) is 7.85. The highest BCUT2D eigenvalue weighted by atomic mass is 31.2. The molecule has 1 saturated carbocycles. The van der Waals surface area contributed by atoms with E-state index in [2.05, 4.69) is 14.8 Å². The van der Waals surface area contributed by atoms with E-state index in [0.717, 1.165) is 57.3 Å². The molecule has 1 aliphatic rings. The average molecular weight is 535 g/mol. The van der Waals surface area contributed by atoms with Gasteiger partial charge in [-0.1, -0.05) is 42.5 Å². The van der Waals surface area contributed by atoms with Gasteiger partial charge >= 0.3 is 7.82 Å². The Labute approximate surface area is 221 Å². The molecule has 1 atom stereocenters. The molecule has 38 heavy (non-hydrogen) atoms. The van der Waals surface area contributed by atoms with Crippen LogP contribution >= 0.6 is 7.82 Å². The van der Waals surface area contributed by atoms with E-state index in [-0.39, 0.29) is 18.6 Å². The van der Waals surface area contributed by atoms with E-state index < -0.39 is 13.2 Å². The first kappa shape index (κ1) is 26.2. The van der Waals surface area contributed by atoms with Crippen molar-refractivity contribution < 1.29 is 28.4 Å². The van der Waals surface area contributed by atoms with E-state index in [1.54, 1.807) is 7.11 Å². The number of methoxy groups -OCH3 is 1. The van der Waals surface area contributed by atoms with Gasteiger partial charge < -0.3 is 24.8 Å². The Morgan fingerprint density at radius 1 is 1.11 bits per heavy atom. The lowest BCUT2D eigenvalue weighted by molar-refractivity contribution is -0.124. The van der Waals surface area contributed by atoms with Crippen LogP contribution in [0.25, 0.3) is 10.9 Å². The van der Waals surface area contributed by atoms with Crippen molar-refractivity contribution in [2.75, 3.05) is 13.7 Å². The molecule has 0 aliphatic heterocycles. The van der Waals surface area contributed by atoms with Crippen molar-refractivity contribution in [1.82, 2.24) is 10.3 Å². The lowest BCUT2D eigenvalue weighted by Crippen LogP contribution is -2.38. The lowest BCUT2D eigenvalue weighted by atomic mass is 9.90. The molecule has 0 saturated heterocycles. The quantitative estimate of drug-likeness (QED) is 0.211. The van der Waals surface area contributed by atoms with E-state index in [4.69, 9.17) is 14.5 Å². The normalized spacial score (nSPS) is 15.3. The second kappa shape index (κ2) is 10.4. The first-order valence-electron chi connectivity index (χ1n) is 12.5. The summed E-state index contributed by atoms with van der Waals surface area (Å²) in [6.07, 6.45) is 3.64. The van der Waals surface area contributed by atoms with E-state index in [1.165, 1.54) is 0 Å². The molecular formula is C29H31N2O6P. The molecule has 3 aromatic carbocycles. The van der Waals surface area contributed by atoms with Crippen LogP contribution in [0.1, 0.15) is 46.7 Å². The predicted octanol–water partition coefficient (Wildman–Crippen LogP) is 5.07. The van der Waals surface area contributed by atoms with Gasteiger partial charge in [0.1, 0.15) is 5.75 Å². The number of phosphoric acid groups is 1. The van der Waals surface area contributed by atoms with Crippen molar-refractivity contribution >= 4 is 24.6 Å². The number of aryl methyl sites for hydroxylation is 1. The minimum Gasteiger partial charge on any atom is -0.497 e. The van der Waals surface area contributed by atoms with E-state index in [1.807, 2.05) is 79.9 Å². The molecule has 198 valence electrons. The highest BCUT2D eigenvalue weighted by molar-refractivity contribution is 7.46. The molecule has 1 heterocycles. The molecule has 0 bridgehead atoms. The number of aromatic nitrogens is 1. The zero-order chi connectivity index (χ0) is 26.9. The molecular weight excluding hydrogens is 503 g/mol. The molecule has 1 unspecified atom stereocenters. The fourth-order valence-corrected chi connectivity index (χ4v) is 5.41. The standard InChI is InChI=1S/C29H31N2O6P/c1-19-16-23(36-2)9-10-24(19)27(20-6-4-3-5-7-20)31-28(32)29(13-14-29)22-8-11-26-25(17-22)21(18-30-26)12-15-37-38(33,34)35/h3-11,16-18,27,30H,12-15H2,1-2H3,(H,31,32)(H2,33,34,35). The summed E-state index contributed by atoms with van der Waals surface area (Å²) in [5, 5.41) is 4.26. The molecule has 0 radical (unpaired) electrons. The van der Waals surface area contributed by atoms with Crippen LogP contribution in [0.5, 0.6) is 5.75 Å². The summed E-state index contributed by atoms with van der Waals surface area (Å²) in [5.41, 5.74) is 5.11. The van der Waals surface area contributed by atoms with Crippen LogP contribution in [0.2, 0.25) is 0 Å². The van der Waals surface area contributed by atoms with Crippen LogP contribution < -0.4 is 10.1 Å². The van der Waals surface area contributed by atoms with Crippen molar-refractivity contribution in [1.29, 1.82) is 0 Å². The summed E-state index contributed by atoms with van der Waals surface area (Å²) >= 11 is 0. The summed E-state index contributed by atoms with van der Waals surface area (Å²) < 4.78 is 21.1. The van der Waals surface area contributed by atoms with Crippen LogP contribution in [0, 0.1) is 6.92 Å². The molecule has 9 heteroatoms. The maximum absolute atomic E-state index is 13.9. The Morgan fingerprint density at radius 3 is 2.53 bits per heavy atom. The Kier molecular flexibility index (Phi) is 7.16. The maximum atomic E-state index is 13.9. The third-order valence-electron chi connectivity index (χ3n) is 7.33. The van der Waals surface area contributed by atoms with Gasteiger partial charge in [0, 0.05) is 17.1 Å². The van der Waals surface area contributed by atoms with Gasteiger partial charge in [0.25, 0.3) is 0 Å². The number of carbonyl (C=O) groups excluding carboxylic acids is 1. The molecule has 1 aliphatic carbocycles.